The Morgan fingerprint density at radius 3 is 2.50 bits per heavy atom. The second-order valence-corrected chi connectivity index (χ2v) is 5.30. The molecule has 0 fully saturated rings. The fraction of sp³-hybridized carbons (Fsp3) is 0.538. The molecule has 0 saturated heterocycles. The third-order valence-electron chi connectivity index (χ3n) is 2.66. The smallest absolute Gasteiger partial charge is 0.315 e. The molecule has 0 aliphatic rings. The Bertz CT molecular complexity index is 374. The van der Waals surface area contributed by atoms with Crippen molar-refractivity contribution in [2.24, 2.45) is 5.41 Å². The third-order valence-corrected chi connectivity index (χ3v) is 2.66. The van der Waals surface area contributed by atoms with Crippen molar-refractivity contribution in [2.45, 2.75) is 33.4 Å². The van der Waals surface area contributed by atoms with Crippen molar-refractivity contribution >= 4 is 6.03 Å². The highest BCUT2D eigenvalue weighted by Gasteiger charge is 2.22. The van der Waals surface area contributed by atoms with Gasteiger partial charge in [0.15, 0.2) is 0 Å². The largest absolute Gasteiger partial charge is 0.391 e. The predicted octanol–water partition coefficient (Wildman–Crippen LogP) is 1.29. The van der Waals surface area contributed by atoms with Gasteiger partial charge in [-0.3, -0.25) is 4.98 Å². The van der Waals surface area contributed by atoms with Crippen LogP contribution in [0.25, 0.3) is 0 Å². The first-order valence-corrected chi connectivity index (χ1v) is 5.98. The number of carbonyl (C=O) groups is 1. The van der Waals surface area contributed by atoms with Crippen LogP contribution in [-0.2, 0) is 6.54 Å². The second kappa shape index (κ2) is 6.35. The number of carbonyl (C=O) groups excluding carboxylic acids is 1. The highest BCUT2D eigenvalue weighted by atomic mass is 16.3. The van der Waals surface area contributed by atoms with Gasteiger partial charge in [-0.15, -0.1) is 0 Å². The lowest BCUT2D eigenvalue weighted by atomic mass is 9.89. The predicted molar refractivity (Wildman–Crippen MR) is 69.9 cm³/mol. The van der Waals surface area contributed by atoms with E-state index in [0.29, 0.717) is 6.54 Å². The minimum absolute atomic E-state index is 0.238. The Morgan fingerprint density at radius 1 is 1.33 bits per heavy atom. The van der Waals surface area contributed by atoms with Gasteiger partial charge >= 0.3 is 6.03 Å². The molecule has 5 nitrogen and oxygen atoms in total. The quantitative estimate of drug-likeness (QED) is 0.755. The van der Waals surface area contributed by atoms with E-state index < -0.39 is 6.10 Å². The van der Waals surface area contributed by atoms with Crippen LogP contribution in [0.4, 0.5) is 4.79 Å². The molecule has 0 saturated carbocycles. The zero-order chi connectivity index (χ0) is 13.6. The van der Waals surface area contributed by atoms with E-state index in [1.165, 1.54) is 0 Å². The van der Waals surface area contributed by atoms with Gasteiger partial charge in [0.1, 0.15) is 0 Å². The van der Waals surface area contributed by atoms with E-state index in [-0.39, 0.29) is 18.0 Å². The van der Waals surface area contributed by atoms with Crippen molar-refractivity contribution in [1.82, 2.24) is 15.6 Å². The maximum atomic E-state index is 11.5. The molecule has 0 bridgehead atoms. The van der Waals surface area contributed by atoms with Gasteiger partial charge in [-0.2, -0.15) is 0 Å². The zero-order valence-corrected chi connectivity index (χ0v) is 11.1. The summed E-state index contributed by atoms with van der Waals surface area (Å²) in [6, 6.07) is 3.39. The number of urea groups is 1. The van der Waals surface area contributed by atoms with Gasteiger partial charge in [0.05, 0.1) is 6.10 Å². The Labute approximate surface area is 108 Å². The van der Waals surface area contributed by atoms with E-state index in [0.717, 1.165) is 5.56 Å². The number of hydrogen-bond acceptors (Lipinski definition) is 3. The fourth-order valence-corrected chi connectivity index (χ4v) is 1.24. The lowest BCUT2D eigenvalue weighted by molar-refractivity contribution is 0.0650. The lowest BCUT2D eigenvalue weighted by Crippen LogP contribution is -2.43. The number of pyridine rings is 1. The number of nitrogens with one attached hydrogen (secondary N) is 2. The molecule has 1 unspecified atom stereocenters. The molecular weight excluding hydrogens is 230 g/mol. The Balaban J connectivity index is 2.27. The standard InChI is InChI=1S/C13H21N3O2/c1-13(2,3)11(17)9-16-12(18)15-8-10-4-6-14-7-5-10/h4-7,11,17H,8-9H2,1-3H3,(H2,15,16,18). The lowest BCUT2D eigenvalue weighted by Gasteiger charge is -2.25. The summed E-state index contributed by atoms with van der Waals surface area (Å²) in [5.41, 5.74) is 0.745. The molecule has 1 atom stereocenters. The SMILES string of the molecule is CC(C)(C)C(O)CNC(=O)NCc1ccncc1. The molecule has 2 amide bonds. The van der Waals surface area contributed by atoms with E-state index in [1.807, 2.05) is 32.9 Å². The van der Waals surface area contributed by atoms with Crippen LogP contribution in [0.2, 0.25) is 0 Å². The number of rotatable bonds is 4. The Hall–Kier alpha value is -1.62. The molecule has 0 aliphatic carbocycles. The molecule has 1 heterocycles. The van der Waals surface area contributed by atoms with E-state index in [9.17, 15) is 9.90 Å². The van der Waals surface area contributed by atoms with Gasteiger partial charge in [0, 0.05) is 25.5 Å². The maximum Gasteiger partial charge on any atom is 0.315 e. The summed E-state index contributed by atoms with van der Waals surface area (Å²) >= 11 is 0. The van der Waals surface area contributed by atoms with Crippen molar-refractivity contribution in [2.75, 3.05) is 6.54 Å². The summed E-state index contributed by atoms with van der Waals surface area (Å²) in [6.07, 6.45) is 2.79. The number of aromatic nitrogens is 1. The summed E-state index contributed by atoms with van der Waals surface area (Å²) in [5, 5.41) is 15.1. The van der Waals surface area contributed by atoms with E-state index in [4.69, 9.17) is 0 Å². The monoisotopic (exact) mass is 251 g/mol. The van der Waals surface area contributed by atoms with Gasteiger partial charge in [0.2, 0.25) is 0 Å². The first-order chi connectivity index (χ1) is 8.39. The summed E-state index contributed by atoms with van der Waals surface area (Å²) in [7, 11) is 0. The summed E-state index contributed by atoms with van der Waals surface area (Å²) < 4.78 is 0. The van der Waals surface area contributed by atoms with Crippen molar-refractivity contribution in [3.8, 4) is 0 Å². The topological polar surface area (TPSA) is 74.2 Å². The molecule has 1 aromatic rings. The second-order valence-electron chi connectivity index (χ2n) is 5.30. The summed E-state index contributed by atoms with van der Waals surface area (Å²) in [5.74, 6) is 0. The molecule has 0 aromatic carbocycles. The van der Waals surface area contributed by atoms with E-state index in [1.54, 1.807) is 12.4 Å². The number of nitrogens with zero attached hydrogens (tertiary/aromatic N) is 1. The van der Waals surface area contributed by atoms with Gasteiger partial charge in [-0.25, -0.2) is 4.79 Å². The average Bonchev–Trinajstić information content (AvgIpc) is 2.33. The van der Waals surface area contributed by atoms with E-state index in [2.05, 4.69) is 15.6 Å². The molecule has 18 heavy (non-hydrogen) atoms. The van der Waals surface area contributed by atoms with Crippen molar-refractivity contribution in [3.63, 3.8) is 0 Å². The van der Waals surface area contributed by atoms with Crippen molar-refractivity contribution < 1.29 is 9.90 Å². The molecule has 0 aliphatic heterocycles. The van der Waals surface area contributed by atoms with Gasteiger partial charge in [-0.05, 0) is 23.1 Å². The van der Waals surface area contributed by atoms with Crippen LogP contribution in [0.1, 0.15) is 26.3 Å². The minimum atomic E-state index is -0.566. The van der Waals surface area contributed by atoms with Gasteiger partial charge < -0.3 is 15.7 Å². The van der Waals surface area contributed by atoms with Gasteiger partial charge in [-0.1, -0.05) is 20.8 Å². The van der Waals surface area contributed by atoms with Crippen LogP contribution in [0.15, 0.2) is 24.5 Å². The molecule has 3 N–H and O–H groups in total. The molecule has 0 spiro atoms. The number of aliphatic hydroxyl groups excluding tert-OH is 1. The van der Waals surface area contributed by atoms with Gasteiger partial charge in [0.25, 0.3) is 0 Å². The minimum Gasteiger partial charge on any atom is -0.391 e. The number of aliphatic hydroxyl groups is 1. The number of hydrogen-bond donors (Lipinski definition) is 3. The van der Waals surface area contributed by atoms with Crippen molar-refractivity contribution in [1.29, 1.82) is 0 Å². The first-order valence-electron chi connectivity index (χ1n) is 5.98. The highest BCUT2D eigenvalue weighted by Crippen LogP contribution is 2.17. The summed E-state index contributed by atoms with van der Waals surface area (Å²) in [4.78, 5) is 15.4. The normalized spacial score (nSPS) is 12.9. The molecule has 0 radical (unpaired) electrons. The molecule has 100 valence electrons. The van der Waals surface area contributed by atoms with Crippen LogP contribution in [0.3, 0.4) is 0 Å². The highest BCUT2D eigenvalue weighted by molar-refractivity contribution is 5.73. The van der Waals surface area contributed by atoms with Crippen LogP contribution in [0.5, 0.6) is 0 Å². The van der Waals surface area contributed by atoms with Crippen LogP contribution in [-0.4, -0.2) is 28.8 Å². The Kier molecular flexibility index (Phi) is 5.09. The average molecular weight is 251 g/mol. The molecule has 5 heteroatoms. The molecule has 1 rings (SSSR count). The number of amides is 2. The zero-order valence-electron chi connectivity index (χ0n) is 11.1. The maximum absolute atomic E-state index is 11.5. The Morgan fingerprint density at radius 2 is 1.94 bits per heavy atom. The van der Waals surface area contributed by atoms with Crippen LogP contribution in [0, 0.1) is 5.41 Å². The van der Waals surface area contributed by atoms with E-state index >= 15 is 0 Å². The van der Waals surface area contributed by atoms with Crippen LogP contribution >= 0.6 is 0 Å². The molecule has 1 aromatic heterocycles. The summed E-state index contributed by atoms with van der Waals surface area (Å²) in [6.45, 7) is 6.46. The first kappa shape index (κ1) is 14.4. The fourth-order valence-electron chi connectivity index (χ4n) is 1.24. The third kappa shape index (κ3) is 5.14. The van der Waals surface area contributed by atoms with Crippen molar-refractivity contribution in [3.05, 3.63) is 30.1 Å². The molecular formula is C13H21N3O2. The van der Waals surface area contributed by atoms with Crippen LogP contribution < -0.4 is 10.6 Å².